The molecule has 2 nitrogen and oxygen atoms in total. The highest BCUT2D eigenvalue weighted by Gasteiger charge is 2.06. The van der Waals surface area contributed by atoms with Gasteiger partial charge in [0.05, 0.1) is 11.6 Å². The van der Waals surface area contributed by atoms with Crippen molar-refractivity contribution in [1.82, 2.24) is 4.57 Å². The zero-order valence-electron chi connectivity index (χ0n) is 13.9. The van der Waals surface area contributed by atoms with Gasteiger partial charge in [-0.25, -0.2) is 0 Å². The molecule has 4 rings (SSSR count). The van der Waals surface area contributed by atoms with Crippen molar-refractivity contribution in [2.45, 2.75) is 0 Å². The number of aromatic nitrogens is 1. The third kappa shape index (κ3) is 3.20. The number of nitrogens with zero attached hydrogens (tertiary/aromatic N) is 2. The van der Waals surface area contributed by atoms with E-state index in [-0.39, 0.29) is 0 Å². The molecule has 124 valence electrons. The summed E-state index contributed by atoms with van der Waals surface area (Å²) in [6.07, 6.45) is 3.94. The molecule has 0 amide bonds. The summed E-state index contributed by atoms with van der Waals surface area (Å²) in [4.78, 5) is 0. The molecule has 26 heavy (non-hydrogen) atoms. The van der Waals surface area contributed by atoms with E-state index >= 15 is 0 Å². The van der Waals surface area contributed by atoms with Crippen LogP contribution in [0.25, 0.3) is 28.1 Å². The van der Waals surface area contributed by atoms with E-state index in [1.807, 2.05) is 66.9 Å². The Morgan fingerprint density at radius 3 is 2.42 bits per heavy atom. The maximum Gasteiger partial charge on any atom is 0.0998 e. The molecule has 3 heteroatoms. The lowest BCUT2D eigenvalue weighted by molar-refractivity contribution is 1.06. The van der Waals surface area contributed by atoms with Crippen LogP contribution in [-0.4, -0.2) is 4.57 Å². The van der Waals surface area contributed by atoms with Crippen molar-refractivity contribution in [3.8, 4) is 11.8 Å². The molecular formula is C23H15BrN2. The van der Waals surface area contributed by atoms with Crippen LogP contribution < -0.4 is 0 Å². The minimum absolute atomic E-state index is 0.646. The summed E-state index contributed by atoms with van der Waals surface area (Å²) in [6.45, 7) is 0. The van der Waals surface area contributed by atoms with Gasteiger partial charge in [0.15, 0.2) is 0 Å². The third-order valence-corrected chi connectivity index (χ3v) is 4.89. The normalized spacial score (nSPS) is 11.5. The zero-order chi connectivity index (χ0) is 17.9. The minimum Gasteiger partial charge on any atom is -0.317 e. The zero-order valence-corrected chi connectivity index (χ0v) is 15.5. The quantitative estimate of drug-likeness (QED) is 0.364. The molecule has 0 aliphatic heterocycles. The lowest BCUT2D eigenvalue weighted by atomic mass is 10.0. The molecule has 0 saturated carbocycles. The van der Waals surface area contributed by atoms with E-state index in [1.54, 1.807) is 0 Å². The Labute approximate surface area is 160 Å². The maximum atomic E-state index is 9.71. The Kier molecular flexibility index (Phi) is 4.43. The van der Waals surface area contributed by atoms with Crippen LogP contribution in [0.4, 0.5) is 0 Å². The van der Waals surface area contributed by atoms with Crippen molar-refractivity contribution >= 4 is 38.4 Å². The summed E-state index contributed by atoms with van der Waals surface area (Å²) in [5.74, 6) is 0. The Bertz CT molecular complexity index is 1140. The van der Waals surface area contributed by atoms with Gasteiger partial charge in [0.2, 0.25) is 0 Å². The molecule has 0 spiro atoms. The number of nitriles is 1. The monoisotopic (exact) mass is 398 g/mol. The van der Waals surface area contributed by atoms with Crippen LogP contribution in [-0.2, 0) is 0 Å². The maximum absolute atomic E-state index is 9.71. The fraction of sp³-hybridized carbons (Fsp3) is 0. The summed E-state index contributed by atoms with van der Waals surface area (Å²) >= 11 is 3.46. The molecule has 0 aliphatic rings. The van der Waals surface area contributed by atoms with Gasteiger partial charge in [0.1, 0.15) is 0 Å². The molecular weight excluding hydrogens is 384 g/mol. The molecule has 0 atom stereocenters. The van der Waals surface area contributed by atoms with Crippen molar-refractivity contribution in [3.05, 3.63) is 101 Å². The molecule has 0 unspecified atom stereocenters. The van der Waals surface area contributed by atoms with Gasteiger partial charge in [0, 0.05) is 22.1 Å². The SMILES string of the molecule is N#C/C(=C/c1cccn1-c1ccc(Br)cc1)c1ccc2ccccc2c1. The molecule has 0 bridgehead atoms. The van der Waals surface area contributed by atoms with Gasteiger partial charge in [-0.3, -0.25) is 0 Å². The number of benzene rings is 3. The highest BCUT2D eigenvalue weighted by molar-refractivity contribution is 9.10. The van der Waals surface area contributed by atoms with Gasteiger partial charge in [-0.05, 0) is 64.9 Å². The predicted molar refractivity (Wildman–Crippen MR) is 111 cm³/mol. The van der Waals surface area contributed by atoms with E-state index in [9.17, 15) is 5.26 Å². The van der Waals surface area contributed by atoms with Crippen molar-refractivity contribution < 1.29 is 0 Å². The first-order valence-electron chi connectivity index (χ1n) is 8.29. The molecule has 0 N–H and O–H groups in total. The number of hydrogen-bond acceptors (Lipinski definition) is 1. The summed E-state index contributed by atoms with van der Waals surface area (Å²) in [6, 6.07) is 28.8. The molecule has 1 aromatic heterocycles. The molecule has 0 saturated heterocycles. The van der Waals surface area contributed by atoms with Crippen LogP contribution in [0.2, 0.25) is 0 Å². The van der Waals surface area contributed by atoms with Crippen LogP contribution in [0.15, 0.2) is 89.5 Å². The highest BCUT2D eigenvalue weighted by Crippen LogP contribution is 2.24. The first-order chi connectivity index (χ1) is 12.7. The first-order valence-corrected chi connectivity index (χ1v) is 9.08. The Morgan fingerprint density at radius 1 is 0.885 bits per heavy atom. The molecule has 0 radical (unpaired) electrons. The molecule has 3 aromatic carbocycles. The Balaban J connectivity index is 1.77. The average Bonchev–Trinajstić information content (AvgIpc) is 3.14. The van der Waals surface area contributed by atoms with Gasteiger partial charge in [-0.1, -0.05) is 52.3 Å². The fourth-order valence-electron chi connectivity index (χ4n) is 3.03. The number of halogens is 1. The molecule has 0 fully saturated rings. The predicted octanol–water partition coefficient (Wildman–Crippen LogP) is 6.46. The van der Waals surface area contributed by atoms with Crippen molar-refractivity contribution in [2.24, 2.45) is 0 Å². The lowest BCUT2D eigenvalue weighted by Crippen LogP contribution is -1.95. The second-order valence-electron chi connectivity index (χ2n) is 6.01. The van der Waals surface area contributed by atoms with Gasteiger partial charge in [-0.15, -0.1) is 0 Å². The van der Waals surface area contributed by atoms with E-state index in [0.29, 0.717) is 5.57 Å². The van der Waals surface area contributed by atoms with Gasteiger partial charge in [0.25, 0.3) is 0 Å². The third-order valence-electron chi connectivity index (χ3n) is 4.36. The molecule has 0 aliphatic carbocycles. The van der Waals surface area contributed by atoms with Crippen LogP contribution in [0.5, 0.6) is 0 Å². The topological polar surface area (TPSA) is 28.7 Å². The van der Waals surface area contributed by atoms with E-state index < -0.39 is 0 Å². The summed E-state index contributed by atoms with van der Waals surface area (Å²) in [5.41, 5.74) is 3.60. The first kappa shape index (κ1) is 16.4. The second kappa shape index (κ2) is 7.03. The van der Waals surface area contributed by atoms with Crippen LogP contribution in [0.3, 0.4) is 0 Å². The number of allylic oxidation sites excluding steroid dienone is 1. The highest BCUT2D eigenvalue weighted by atomic mass is 79.9. The Hall–Kier alpha value is -3.09. The van der Waals surface area contributed by atoms with Crippen molar-refractivity contribution in [2.75, 3.05) is 0 Å². The van der Waals surface area contributed by atoms with E-state index in [4.69, 9.17) is 0 Å². The lowest BCUT2D eigenvalue weighted by Gasteiger charge is -2.08. The van der Waals surface area contributed by atoms with Crippen LogP contribution in [0, 0.1) is 11.3 Å². The largest absolute Gasteiger partial charge is 0.317 e. The van der Waals surface area contributed by atoms with E-state index in [0.717, 1.165) is 26.8 Å². The number of fused-ring (bicyclic) bond motifs is 1. The van der Waals surface area contributed by atoms with Crippen LogP contribution >= 0.6 is 15.9 Å². The van der Waals surface area contributed by atoms with Gasteiger partial charge in [-0.2, -0.15) is 5.26 Å². The standard InChI is InChI=1S/C23H15BrN2/c24-21-9-11-22(12-10-21)26-13-3-6-23(26)15-20(16-25)19-8-7-17-4-1-2-5-18(17)14-19/h1-15H/b20-15-. The second-order valence-corrected chi connectivity index (χ2v) is 6.93. The minimum atomic E-state index is 0.646. The van der Waals surface area contributed by atoms with Crippen molar-refractivity contribution in [3.63, 3.8) is 0 Å². The Morgan fingerprint density at radius 2 is 1.65 bits per heavy atom. The smallest absolute Gasteiger partial charge is 0.0998 e. The van der Waals surface area contributed by atoms with E-state index in [1.165, 1.54) is 5.39 Å². The van der Waals surface area contributed by atoms with Gasteiger partial charge >= 0.3 is 0 Å². The van der Waals surface area contributed by atoms with E-state index in [2.05, 4.69) is 50.8 Å². The van der Waals surface area contributed by atoms with Gasteiger partial charge < -0.3 is 4.57 Å². The van der Waals surface area contributed by atoms with Crippen LogP contribution in [0.1, 0.15) is 11.3 Å². The fourth-order valence-corrected chi connectivity index (χ4v) is 3.30. The number of hydrogen-bond donors (Lipinski definition) is 0. The number of rotatable bonds is 3. The summed E-state index contributed by atoms with van der Waals surface area (Å²) in [5, 5.41) is 12.0. The summed E-state index contributed by atoms with van der Waals surface area (Å²) in [7, 11) is 0. The summed E-state index contributed by atoms with van der Waals surface area (Å²) < 4.78 is 3.12. The van der Waals surface area contributed by atoms with Crippen molar-refractivity contribution in [1.29, 1.82) is 5.26 Å². The molecule has 1 heterocycles. The molecule has 4 aromatic rings. The average molecular weight is 399 g/mol.